The van der Waals surface area contributed by atoms with E-state index in [4.69, 9.17) is 4.74 Å². The van der Waals surface area contributed by atoms with E-state index in [0.717, 1.165) is 18.8 Å². The first kappa shape index (κ1) is 14.9. The molecule has 3 heteroatoms. The van der Waals surface area contributed by atoms with E-state index in [9.17, 15) is 4.79 Å². The molecule has 0 spiro atoms. The Morgan fingerprint density at radius 2 is 1.75 bits per heavy atom. The van der Waals surface area contributed by atoms with E-state index in [1.165, 1.54) is 12.0 Å². The summed E-state index contributed by atoms with van der Waals surface area (Å²) in [5.74, 6) is 2.02. The predicted octanol–water partition coefficient (Wildman–Crippen LogP) is 3.27. The van der Waals surface area contributed by atoms with Gasteiger partial charge in [-0.1, -0.05) is 31.5 Å². The molecule has 3 nitrogen and oxygen atoms in total. The maximum absolute atomic E-state index is 12.5. The topological polar surface area (TPSA) is 29.5 Å². The molecule has 0 unspecified atom stereocenters. The lowest BCUT2D eigenvalue weighted by atomic mass is 9.91. The molecular weight excluding hydrogens is 250 g/mol. The Kier molecular flexibility index (Phi) is 4.69. The van der Waals surface area contributed by atoms with E-state index < -0.39 is 6.10 Å². The third-order valence-electron chi connectivity index (χ3n) is 3.86. The lowest BCUT2D eigenvalue weighted by Crippen LogP contribution is -2.47. The van der Waals surface area contributed by atoms with Crippen molar-refractivity contribution in [2.75, 3.05) is 13.1 Å². The Labute approximate surface area is 121 Å². The number of hydrogen-bond acceptors (Lipinski definition) is 2. The van der Waals surface area contributed by atoms with Gasteiger partial charge in [-0.2, -0.15) is 0 Å². The lowest BCUT2D eigenvalue weighted by Gasteiger charge is -2.36. The van der Waals surface area contributed by atoms with Gasteiger partial charge >= 0.3 is 0 Å². The van der Waals surface area contributed by atoms with Crippen LogP contribution in [0.15, 0.2) is 24.3 Å². The largest absolute Gasteiger partial charge is 0.481 e. The molecular formula is C17H25NO2. The van der Waals surface area contributed by atoms with Gasteiger partial charge in [-0.05, 0) is 44.2 Å². The van der Waals surface area contributed by atoms with Crippen LogP contribution in [-0.2, 0) is 4.79 Å². The maximum Gasteiger partial charge on any atom is 0.263 e. The minimum Gasteiger partial charge on any atom is -0.481 e. The number of carbonyl (C=O) groups is 1. The molecule has 1 aromatic rings. The molecule has 110 valence electrons. The average molecular weight is 275 g/mol. The van der Waals surface area contributed by atoms with Crippen molar-refractivity contribution in [1.29, 1.82) is 0 Å². The number of amides is 1. The van der Waals surface area contributed by atoms with Crippen LogP contribution in [-0.4, -0.2) is 30.0 Å². The zero-order chi connectivity index (χ0) is 14.7. The first-order valence-electron chi connectivity index (χ1n) is 7.48. The highest BCUT2D eigenvalue weighted by atomic mass is 16.5. The fourth-order valence-corrected chi connectivity index (χ4v) is 2.97. The van der Waals surface area contributed by atoms with Gasteiger partial charge in [0.05, 0.1) is 0 Å². The highest BCUT2D eigenvalue weighted by Crippen LogP contribution is 2.22. The van der Waals surface area contributed by atoms with E-state index in [2.05, 4.69) is 13.8 Å². The third kappa shape index (κ3) is 3.75. The van der Waals surface area contributed by atoms with Crippen molar-refractivity contribution in [1.82, 2.24) is 4.90 Å². The first-order chi connectivity index (χ1) is 9.45. The molecule has 1 aliphatic heterocycles. The summed E-state index contributed by atoms with van der Waals surface area (Å²) >= 11 is 0. The normalized spacial score (nSPS) is 24.3. The molecule has 1 aromatic carbocycles. The van der Waals surface area contributed by atoms with E-state index in [1.54, 1.807) is 0 Å². The number of likely N-dealkylation sites (tertiary alicyclic amines) is 1. The Hall–Kier alpha value is -1.51. The summed E-state index contributed by atoms with van der Waals surface area (Å²) in [5, 5.41) is 0. The highest BCUT2D eigenvalue weighted by Gasteiger charge is 2.29. The summed E-state index contributed by atoms with van der Waals surface area (Å²) in [6.45, 7) is 10.00. The number of aryl methyl sites for hydroxylation is 1. The van der Waals surface area contributed by atoms with Gasteiger partial charge in [-0.3, -0.25) is 4.79 Å². The maximum atomic E-state index is 12.5. The fraction of sp³-hybridized carbons (Fsp3) is 0.588. The van der Waals surface area contributed by atoms with Gasteiger partial charge in [-0.25, -0.2) is 0 Å². The van der Waals surface area contributed by atoms with Gasteiger partial charge in [0.1, 0.15) is 5.75 Å². The molecule has 1 fully saturated rings. The minimum absolute atomic E-state index is 0.101. The second-order valence-corrected chi connectivity index (χ2v) is 6.26. The van der Waals surface area contributed by atoms with Crippen LogP contribution in [0.2, 0.25) is 0 Å². The number of benzene rings is 1. The summed E-state index contributed by atoms with van der Waals surface area (Å²) in [6.07, 6.45) is 0.784. The van der Waals surface area contributed by atoms with E-state index in [1.807, 2.05) is 43.0 Å². The highest BCUT2D eigenvalue weighted by molar-refractivity contribution is 5.81. The van der Waals surface area contributed by atoms with Crippen LogP contribution in [0.25, 0.3) is 0 Å². The van der Waals surface area contributed by atoms with Crippen LogP contribution in [0, 0.1) is 18.8 Å². The molecule has 3 atom stereocenters. The zero-order valence-electron chi connectivity index (χ0n) is 12.9. The molecule has 0 saturated carbocycles. The Bertz CT molecular complexity index is 445. The van der Waals surface area contributed by atoms with Crippen molar-refractivity contribution in [3.63, 3.8) is 0 Å². The second kappa shape index (κ2) is 6.29. The summed E-state index contributed by atoms with van der Waals surface area (Å²) in [7, 11) is 0. The number of carbonyl (C=O) groups excluding carboxylic acids is 1. The molecule has 20 heavy (non-hydrogen) atoms. The van der Waals surface area contributed by atoms with Gasteiger partial charge in [0.15, 0.2) is 6.10 Å². The molecule has 0 aromatic heterocycles. The third-order valence-corrected chi connectivity index (χ3v) is 3.86. The van der Waals surface area contributed by atoms with Crippen LogP contribution in [0.1, 0.15) is 32.8 Å². The van der Waals surface area contributed by atoms with Crippen LogP contribution in [0.4, 0.5) is 0 Å². The summed E-state index contributed by atoms with van der Waals surface area (Å²) in [6, 6.07) is 7.83. The Morgan fingerprint density at radius 1 is 1.20 bits per heavy atom. The van der Waals surface area contributed by atoms with E-state index >= 15 is 0 Å². The monoisotopic (exact) mass is 275 g/mol. The summed E-state index contributed by atoms with van der Waals surface area (Å²) < 4.78 is 5.76. The molecule has 1 aliphatic rings. The predicted molar refractivity (Wildman–Crippen MR) is 80.8 cm³/mol. The van der Waals surface area contributed by atoms with Crippen molar-refractivity contribution in [3.05, 3.63) is 29.8 Å². The second-order valence-electron chi connectivity index (χ2n) is 6.26. The van der Waals surface area contributed by atoms with Gasteiger partial charge < -0.3 is 9.64 Å². The van der Waals surface area contributed by atoms with Gasteiger partial charge in [0, 0.05) is 13.1 Å². The molecule has 0 radical (unpaired) electrons. The molecule has 2 rings (SSSR count). The lowest BCUT2D eigenvalue weighted by molar-refractivity contribution is -0.140. The van der Waals surface area contributed by atoms with Crippen LogP contribution < -0.4 is 4.74 Å². The van der Waals surface area contributed by atoms with Crippen molar-refractivity contribution >= 4 is 5.91 Å². The van der Waals surface area contributed by atoms with E-state index in [-0.39, 0.29) is 5.91 Å². The van der Waals surface area contributed by atoms with Crippen LogP contribution >= 0.6 is 0 Å². The Morgan fingerprint density at radius 3 is 2.30 bits per heavy atom. The van der Waals surface area contributed by atoms with Crippen molar-refractivity contribution in [2.24, 2.45) is 11.8 Å². The van der Waals surface area contributed by atoms with Gasteiger partial charge in [0.25, 0.3) is 5.91 Å². The smallest absolute Gasteiger partial charge is 0.263 e. The summed E-state index contributed by atoms with van der Waals surface area (Å²) in [5.41, 5.74) is 1.19. The Balaban J connectivity index is 1.96. The first-order valence-corrected chi connectivity index (χ1v) is 7.48. The number of nitrogens with zero attached hydrogens (tertiary/aromatic N) is 1. The van der Waals surface area contributed by atoms with Gasteiger partial charge in [0.2, 0.25) is 0 Å². The minimum atomic E-state index is -0.421. The molecule has 1 heterocycles. The number of ether oxygens (including phenoxy) is 1. The standard InChI is InChI=1S/C17H25NO2/c1-12-5-7-16(8-6-12)20-15(4)17(19)18-10-13(2)9-14(3)11-18/h5-8,13-15H,9-11H2,1-4H3/t13-,14-,15-/m1/s1. The number of rotatable bonds is 3. The SMILES string of the molecule is Cc1ccc(O[C@H](C)C(=O)N2C[C@H](C)C[C@@H](C)C2)cc1. The van der Waals surface area contributed by atoms with Crippen LogP contribution in [0.5, 0.6) is 5.75 Å². The molecule has 0 aliphatic carbocycles. The number of hydrogen-bond donors (Lipinski definition) is 0. The molecule has 0 bridgehead atoms. The molecule has 1 amide bonds. The summed E-state index contributed by atoms with van der Waals surface area (Å²) in [4.78, 5) is 14.4. The average Bonchev–Trinajstić information content (AvgIpc) is 2.39. The number of piperidine rings is 1. The fourth-order valence-electron chi connectivity index (χ4n) is 2.97. The quantitative estimate of drug-likeness (QED) is 0.847. The molecule has 1 saturated heterocycles. The van der Waals surface area contributed by atoms with E-state index in [0.29, 0.717) is 11.8 Å². The van der Waals surface area contributed by atoms with Crippen molar-refractivity contribution in [3.8, 4) is 5.75 Å². The molecule has 0 N–H and O–H groups in total. The van der Waals surface area contributed by atoms with Gasteiger partial charge in [-0.15, -0.1) is 0 Å². The zero-order valence-corrected chi connectivity index (χ0v) is 12.9. The van der Waals surface area contributed by atoms with Crippen molar-refractivity contribution in [2.45, 2.75) is 40.2 Å². The van der Waals surface area contributed by atoms with Crippen molar-refractivity contribution < 1.29 is 9.53 Å². The van der Waals surface area contributed by atoms with Crippen LogP contribution in [0.3, 0.4) is 0 Å².